The van der Waals surface area contributed by atoms with E-state index in [9.17, 15) is 13.2 Å². The molecule has 6 nitrogen and oxygen atoms in total. The predicted octanol–water partition coefficient (Wildman–Crippen LogP) is 0.645. The van der Waals surface area contributed by atoms with E-state index in [4.69, 9.17) is 0 Å². The first-order valence-corrected chi connectivity index (χ1v) is 8.19. The number of amidine groups is 1. The maximum Gasteiger partial charge on any atom is 0.256 e. The third kappa shape index (κ3) is 3.27. The Balaban J connectivity index is 2.13. The second-order valence-corrected chi connectivity index (χ2v) is 7.11. The summed E-state index contributed by atoms with van der Waals surface area (Å²) in [5, 5.41) is 2.92. The Labute approximate surface area is 119 Å². The standard InChI is InChI=1S/C13H19N3O3S/c1-9(2)10(3)14-13(17)11-4-5-12-15-20(18,19)7-6-16(12)8-11/h4-5,8-10H,6-7H2,1-3H3,(H,14,17). The number of carbonyl (C=O) groups excluding carboxylic acids is 1. The highest BCUT2D eigenvalue weighted by atomic mass is 32.2. The first kappa shape index (κ1) is 14.8. The summed E-state index contributed by atoms with van der Waals surface area (Å²) in [6.07, 6.45) is 4.81. The Kier molecular flexibility index (Phi) is 3.99. The average Bonchev–Trinajstić information content (AvgIpc) is 2.36. The van der Waals surface area contributed by atoms with Gasteiger partial charge in [0.05, 0.1) is 11.3 Å². The Bertz CT molecular complexity index is 602. The molecule has 0 radical (unpaired) electrons. The molecule has 0 bridgehead atoms. The van der Waals surface area contributed by atoms with Gasteiger partial charge in [-0.3, -0.25) is 4.79 Å². The highest BCUT2D eigenvalue weighted by Crippen LogP contribution is 2.16. The van der Waals surface area contributed by atoms with E-state index in [0.717, 1.165) is 0 Å². The number of nitrogens with one attached hydrogen (secondary N) is 1. The number of rotatable bonds is 3. The topological polar surface area (TPSA) is 78.8 Å². The summed E-state index contributed by atoms with van der Waals surface area (Å²) in [7, 11) is -3.36. The van der Waals surface area contributed by atoms with Crippen molar-refractivity contribution in [2.75, 3.05) is 12.3 Å². The molecule has 2 heterocycles. The van der Waals surface area contributed by atoms with Gasteiger partial charge in [0.1, 0.15) is 5.84 Å². The monoisotopic (exact) mass is 297 g/mol. The SMILES string of the molecule is CC(C)C(C)NC(=O)C1=CN2CCS(=O)(=O)N=C2C=C1. The second kappa shape index (κ2) is 5.40. The van der Waals surface area contributed by atoms with Crippen LogP contribution in [0.5, 0.6) is 0 Å². The molecule has 110 valence electrons. The lowest BCUT2D eigenvalue weighted by Crippen LogP contribution is -2.40. The van der Waals surface area contributed by atoms with Crippen molar-refractivity contribution < 1.29 is 13.2 Å². The molecule has 1 unspecified atom stereocenters. The number of sulfonamides is 1. The van der Waals surface area contributed by atoms with Crippen LogP contribution in [0, 0.1) is 5.92 Å². The van der Waals surface area contributed by atoms with Gasteiger partial charge in [-0.1, -0.05) is 13.8 Å². The van der Waals surface area contributed by atoms with Gasteiger partial charge in [0.25, 0.3) is 15.9 Å². The fourth-order valence-corrected chi connectivity index (χ4v) is 2.76. The number of fused-ring (bicyclic) bond motifs is 1. The zero-order chi connectivity index (χ0) is 14.9. The van der Waals surface area contributed by atoms with Crippen LogP contribution in [-0.2, 0) is 14.8 Å². The molecule has 0 saturated heterocycles. The van der Waals surface area contributed by atoms with E-state index in [-0.39, 0.29) is 17.7 Å². The van der Waals surface area contributed by atoms with Gasteiger partial charge in [0, 0.05) is 18.8 Å². The smallest absolute Gasteiger partial charge is 0.256 e. The van der Waals surface area contributed by atoms with Crippen LogP contribution >= 0.6 is 0 Å². The highest BCUT2D eigenvalue weighted by Gasteiger charge is 2.25. The molecule has 0 aromatic carbocycles. The minimum Gasteiger partial charge on any atom is -0.349 e. The van der Waals surface area contributed by atoms with Crippen molar-refractivity contribution in [3.8, 4) is 0 Å². The molecule has 0 aliphatic carbocycles. The number of hydrogen-bond acceptors (Lipinski definition) is 4. The van der Waals surface area contributed by atoms with Gasteiger partial charge < -0.3 is 10.2 Å². The highest BCUT2D eigenvalue weighted by molar-refractivity contribution is 7.90. The van der Waals surface area contributed by atoms with E-state index < -0.39 is 10.0 Å². The van der Waals surface area contributed by atoms with Crippen molar-refractivity contribution >= 4 is 21.8 Å². The maximum atomic E-state index is 12.1. The number of hydrogen-bond donors (Lipinski definition) is 1. The molecule has 1 N–H and O–H groups in total. The molecule has 2 rings (SSSR count). The average molecular weight is 297 g/mol. The number of amides is 1. The molecule has 2 aliphatic rings. The summed E-state index contributed by atoms with van der Waals surface area (Å²) in [5.41, 5.74) is 0.510. The second-order valence-electron chi connectivity index (χ2n) is 5.35. The van der Waals surface area contributed by atoms with Gasteiger partial charge in [0.15, 0.2) is 0 Å². The van der Waals surface area contributed by atoms with Gasteiger partial charge in [0.2, 0.25) is 0 Å². The van der Waals surface area contributed by atoms with Crippen molar-refractivity contribution in [1.29, 1.82) is 0 Å². The largest absolute Gasteiger partial charge is 0.349 e. The van der Waals surface area contributed by atoms with Crippen LogP contribution < -0.4 is 5.32 Å². The molecular weight excluding hydrogens is 278 g/mol. The van der Waals surface area contributed by atoms with E-state index in [0.29, 0.717) is 23.9 Å². The summed E-state index contributed by atoms with van der Waals surface area (Å²) in [6.45, 7) is 6.35. The molecule has 0 saturated carbocycles. The first-order valence-electron chi connectivity index (χ1n) is 6.58. The van der Waals surface area contributed by atoms with E-state index in [1.54, 1.807) is 23.3 Å². The lowest BCUT2D eigenvalue weighted by atomic mass is 10.1. The van der Waals surface area contributed by atoms with Crippen LogP contribution in [0.4, 0.5) is 0 Å². The number of nitrogens with zero attached hydrogens (tertiary/aromatic N) is 2. The van der Waals surface area contributed by atoms with Gasteiger partial charge >= 0.3 is 0 Å². The fraction of sp³-hybridized carbons (Fsp3) is 0.538. The molecule has 2 aliphatic heterocycles. The quantitative estimate of drug-likeness (QED) is 0.829. The zero-order valence-corrected chi connectivity index (χ0v) is 12.6. The van der Waals surface area contributed by atoms with Gasteiger partial charge in [-0.05, 0) is 25.0 Å². The third-order valence-electron chi connectivity index (χ3n) is 3.44. The van der Waals surface area contributed by atoms with Crippen molar-refractivity contribution in [3.05, 3.63) is 23.9 Å². The third-order valence-corrected chi connectivity index (χ3v) is 4.61. The van der Waals surface area contributed by atoms with E-state index >= 15 is 0 Å². The predicted molar refractivity (Wildman–Crippen MR) is 77.6 cm³/mol. The number of carbonyl (C=O) groups is 1. The molecule has 0 aromatic heterocycles. The molecular formula is C13H19N3O3S. The zero-order valence-electron chi connectivity index (χ0n) is 11.8. The molecule has 7 heteroatoms. The lowest BCUT2D eigenvalue weighted by Gasteiger charge is -2.27. The van der Waals surface area contributed by atoms with Crippen LogP contribution in [0.3, 0.4) is 0 Å². The normalized spacial score (nSPS) is 21.9. The molecule has 0 aromatic rings. The fourth-order valence-electron chi connectivity index (χ4n) is 1.79. The van der Waals surface area contributed by atoms with Crippen LogP contribution in [-0.4, -0.2) is 43.4 Å². The Morgan fingerprint density at radius 1 is 1.35 bits per heavy atom. The van der Waals surface area contributed by atoms with Gasteiger partial charge in [-0.2, -0.15) is 0 Å². The van der Waals surface area contributed by atoms with E-state index in [1.807, 2.05) is 20.8 Å². The minimum atomic E-state index is -3.36. The Hall–Kier alpha value is -1.63. The van der Waals surface area contributed by atoms with E-state index in [2.05, 4.69) is 9.71 Å². The van der Waals surface area contributed by atoms with Crippen molar-refractivity contribution in [1.82, 2.24) is 10.2 Å². The van der Waals surface area contributed by atoms with Crippen LogP contribution in [0.25, 0.3) is 0 Å². The minimum absolute atomic E-state index is 0.0296. The lowest BCUT2D eigenvalue weighted by molar-refractivity contribution is -0.118. The van der Waals surface area contributed by atoms with Crippen LogP contribution in [0.2, 0.25) is 0 Å². The maximum absolute atomic E-state index is 12.1. The van der Waals surface area contributed by atoms with Crippen molar-refractivity contribution in [3.63, 3.8) is 0 Å². The van der Waals surface area contributed by atoms with Crippen LogP contribution in [0.15, 0.2) is 28.3 Å². The summed E-state index contributed by atoms with van der Waals surface area (Å²) >= 11 is 0. The molecule has 1 atom stereocenters. The van der Waals surface area contributed by atoms with Gasteiger partial charge in [-0.25, -0.2) is 8.42 Å². The summed E-state index contributed by atoms with van der Waals surface area (Å²) in [6, 6.07) is 0.0774. The molecule has 0 fully saturated rings. The van der Waals surface area contributed by atoms with Crippen LogP contribution in [0.1, 0.15) is 20.8 Å². The Morgan fingerprint density at radius 2 is 2.05 bits per heavy atom. The van der Waals surface area contributed by atoms with Crippen molar-refractivity contribution in [2.24, 2.45) is 10.3 Å². The van der Waals surface area contributed by atoms with Gasteiger partial charge in [-0.15, -0.1) is 4.40 Å². The Morgan fingerprint density at radius 3 is 2.70 bits per heavy atom. The molecule has 0 spiro atoms. The molecule has 20 heavy (non-hydrogen) atoms. The summed E-state index contributed by atoms with van der Waals surface area (Å²) in [5.74, 6) is 0.530. The van der Waals surface area contributed by atoms with E-state index in [1.165, 1.54) is 0 Å². The molecule has 1 amide bonds. The first-order chi connectivity index (χ1) is 9.28. The summed E-state index contributed by atoms with van der Waals surface area (Å²) in [4.78, 5) is 13.8. The van der Waals surface area contributed by atoms with Crippen molar-refractivity contribution in [2.45, 2.75) is 26.8 Å². The summed E-state index contributed by atoms with van der Waals surface area (Å²) < 4.78 is 26.5.